The van der Waals surface area contributed by atoms with E-state index in [0.717, 1.165) is 6.42 Å². The number of hydrogen-bond donors (Lipinski definition) is 1. The number of amides is 1. The fourth-order valence-corrected chi connectivity index (χ4v) is 2.91. The van der Waals surface area contributed by atoms with Crippen molar-refractivity contribution in [1.82, 2.24) is 14.7 Å². The molecule has 3 rings (SSSR count). The molecule has 2 unspecified atom stereocenters. The van der Waals surface area contributed by atoms with Crippen LogP contribution in [0.2, 0.25) is 0 Å². The molecule has 8 nitrogen and oxygen atoms in total. The first-order valence-electron chi connectivity index (χ1n) is 7.74. The van der Waals surface area contributed by atoms with Gasteiger partial charge in [-0.2, -0.15) is 5.10 Å². The van der Waals surface area contributed by atoms with E-state index in [1.54, 1.807) is 36.1 Å². The molecule has 126 valence electrons. The summed E-state index contributed by atoms with van der Waals surface area (Å²) < 4.78 is 1.34. The molecule has 0 spiro atoms. The molecule has 1 aliphatic heterocycles. The molecule has 1 aromatic carbocycles. The van der Waals surface area contributed by atoms with E-state index in [2.05, 4.69) is 5.10 Å². The number of aromatic nitrogens is 2. The number of rotatable bonds is 4. The van der Waals surface area contributed by atoms with Crippen molar-refractivity contribution in [2.45, 2.75) is 19.4 Å². The van der Waals surface area contributed by atoms with Crippen molar-refractivity contribution >= 4 is 11.6 Å². The lowest BCUT2D eigenvalue weighted by Gasteiger charge is -2.16. The predicted molar refractivity (Wildman–Crippen MR) is 85.9 cm³/mol. The second-order valence-electron chi connectivity index (χ2n) is 5.93. The molecular weight excluding hydrogens is 312 g/mol. The summed E-state index contributed by atoms with van der Waals surface area (Å²) in [4.78, 5) is 24.8. The van der Waals surface area contributed by atoms with Crippen molar-refractivity contribution in [3.05, 3.63) is 52.3 Å². The maximum absolute atomic E-state index is 12.5. The topological polar surface area (TPSA) is 102 Å². The molecule has 0 radical (unpaired) electrons. The molecule has 1 aromatic heterocycles. The van der Waals surface area contributed by atoms with E-state index in [4.69, 9.17) is 0 Å². The molecule has 1 saturated heterocycles. The average molecular weight is 330 g/mol. The first kappa shape index (κ1) is 16.1. The van der Waals surface area contributed by atoms with Crippen LogP contribution in [0, 0.1) is 16.0 Å². The molecule has 0 bridgehead atoms. The molecular formula is C16H18N4O4. The Morgan fingerprint density at radius 1 is 1.42 bits per heavy atom. The van der Waals surface area contributed by atoms with Crippen LogP contribution in [0.15, 0.2) is 36.5 Å². The Balaban J connectivity index is 1.82. The lowest BCUT2D eigenvalue weighted by molar-refractivity contribution is -0.384. The summed E-state index contributed by atoms with van der Waals surface area (Å²) in [6.07, 6.45) is 1.85. The second kappa shape index (κ2) is 6.40. The lowest BCUT2D eigenvalue weighted by Crippen LogP contribution is -2.30. The number of benzene rings is 1. The third-order valence-electron chi connectivity index (χ3n) is 4.33. The molecule has 2 atom stereocenters. The summed E-state index contributed by atoms with van der Waals surface area (Å²) in [5.41, 5.74) is 0.471. The maximum atomic E-state index is 12.5. The van der Waals surface area contributed by atoms with Gasteiger partial charge in [0.2, 0.25) is 0 Å². The van der Waals surface area contributed by atoms with Crippen molar-refractivity contribution in [3.8, 4) is 5.69 Å². The van der Waals surface area contributed by atoms with Crippen LogP contribution in [-0.4, -0.2) is 49.8 Å². The van der Waals surface area contributed by atoms with Crippen LogP contribution in [0.25, 0.3) is 5.69 Å². The Kier molecular flexibility index (Phi) is 4.30. The van der Waals surface area contributed by atoms with Gasteiger partial charge in [-0.05, 0) is 25.5 Å². The molecule has 1 fully saturated rings. The van der Waals surface area contributed by atoms with Crippen LogP contribution < -0.4 is 0 Å². The Morgan fingerprint density at radius 2 is 2.17 bits per heavy atom. The molecule has 1 N–H and O–H groups in total. The Hall–Kier alpha value is -2.74. The highest BCUT2D eigenvalue weighted by Crippen LogP contribution is 2.23. The third-order valence-corrected chi connectivity index (χ3v) is 4.33. The molecule has 8 heteroatoms. The van der Waals surface area contributed by atoms with Gasteiger partial charge in [-0.15, -0.1) is 0 Å². The van der Waals surface area contributed by atoms with Gasteiger partial charge < -0.3 is 10.0 Å². The number of nitro groups is 1. The van der Waals surface area contributed by atoms with Crippen molar-refractivity contribution in [1.29, 1.82) is 0 Å². The Labute approximate surface area is 138 Å². The highest BCUT2D eigenvalue weighted by Gasteiger charge is 2.30. The fraction of sp³-hybridized carbons (Fsp3) is 0.375. The predicted octanol–water partition coefficient (Wildman–Crippen LogP) is 1.62. The van der Waals surface area contributed by atoms with Gasteiger partial charge >= 0.3 is 0 Å². The number of nitro benzene ring substituents is 1. The molecule has 0 saturated carbocycles. The highest BCUT2D eigenvalue weighted by atomic mass is 16.6. The highest BCUT2D eigenvalue weighted by molar-refractivity contribution is 5.92. The number of hydrogen-bond acceptors (Lipinski definition) is 5. The molecule has 0 aliphatic carbocycles. The van der Waals surface area contributed by atoms with Crippen molar-refractivity contribution in [2.75, 3.05) is 13.1 Å². The Morgan fingerprint density at radius 3 is 2.83 bits per heavy atom. The third kappa shape index (κ3) is 3.00. The van der Waals surface area contributed by atoms with Gasteiger partial charge in [-0.25, -0.2) is 4.68 Å². The summed E-state index contributed by atoms with van der Waals surface area (Å²) in [5, 5.41) is 24.9. The molecule has 1 aliphatic rings. The molecule has 1 amide bonds. The van der Waals surface area contributed by atoms with Crippen LogP contribution >= 0.6 is 0 Å². The first-order valence-corrected chi connectivity index (χ1v) is 7.74. The van der Waals surface area contributed by atoms with Crippen molar-refractivity contribution < 1.29 is 14.8 Å². The Bertz CT molecular complexity index is 771. The minimum atomic E-state index is -0.480. The zero-order valence-corrected chi connectivity index (χ0v) is 13.2. The summed E-state index contributed by atoms with van der Waals surface area (Å²) in [7, 11) is 0. The monoisotopic (exact) mass is 330 g/mol. The summed E-state index contributed by atoms with van der Waals surface area (Å²) >= 11 is 0. The molecule has 2 heterocycles. The van der Waals surface area contributed by atoms with Crippen molar-refractivity contribution in [3.63, 3.8) is 0 Å². The summed E-state index contributed by atoms with van der Waals surface area (Å²) in [6, 6.07) is 7.79. The minimum Gasteiger partial charge on any atom is -0.393 e. The van der Waals surface area contributed by atoms with Crippen LogP contribution in [0.5, 0.6) is 0 Å². The van der Waals surface area contributed by atoms with E-state index in [0.29, 0.717) is 18.8 Å². The van der Waals surface area contributed by atoms with Gasteiger partial charge in [-0.1, -0.05) is 12.1 Å². The summed E-state index contributed by atoms with van der Waals surface area (Å²) in [5.74, 6) is -0.151. The number of nitrogens with zero attached hydrogens (tertiary/aromatic N) is 4. The van der Waals surface area contributed by atoms with Gasteiger partial charge in [-0.3, -0.25) is 14.9 Å². The number of likely N-dealkylation sites (tertiary alicyclic amines) is 1. The SMILES string of the molecule is CC(O)C1CCN(C(=O)c2ccn(-c3ccccc3[N+](=O)[O-])n2)C1. The van der Waals surface area contributed by atoms with E-state index < -0.39 is 11.0 Å². The lowest BCUT2D eigenvalue weighted by atomic mass is 10.0. The number of aliphatic hydroxyl groups is 1. The molecule has 2 aromatic rings. The molecule has 24 heavy (non-hydrogen) atoms. The van der Waals surface area contributed by atoms with Gasteiger partial charge in [0.05, 0.1) is 11.0 Å². The number of para-hydroxylation sites is 2. The van der Waals surface area contributed by atoms with Crippen LogP contribution in [-0.2, 0) is 0 Å². The van der Waals surface area contributed by atoms with Crippen LogP contribution in [0.3, 0.4) is 0 Å². The van der Waals surface area contributed by atoms with Crippen molar-refractivity contribution in [2.24, 2.45) is 5.92 Å². The largest absolute Gasteiger partial charge is 0.393 e. The number of carbonyl (C=O) groups is 1. The van der Waals surface area contributed by atoms with E-state index in [9.17, 15) is 20.0 Å². The standard InChI is InChI=1S/C16H18N4O4/c1-11(21)12-6-8-18(10-12)16(22)13-7-9-19(17-13)14-4-2-3-5-15(14)20(23)24/h2-5,7,9,11-12,21H,6,8,10H2,1H3. The van der Waals surface area contributed by atoms with E-state index >= 15 is 0 Å². The smallest absolute Gasteiger partial charge is 0.294 e. The van der Waals surface area contributed by atoms with Crippen LogP contribution in [0.4, 0.5) is 5.69 Å². The van der Waals surface area contributed by atoms with E-state index in [1.165, 1.54) is 16.9 Å². The number of carbonyl (C=O) groups excluding carboxylic acids is 1. The van der Waals surface area contributed by atoms with Gasteiger partial charge in [0.25, 0.3) is 11.6 Å². The zero-order chi connectivity index (χ0) is 17.3. The quantitative estimate of drug-likeness (QED) is 0.678. The number of aliphatic hydroxyl groups excluding tert-OH is 1. The minimum absolute atomic E-state index is 0.0741. The first-order chi connectivity index (χ1) is 11.5. The second-order valence-corrected chi connectivity index (χ2v) is 5.93. The van der Waals surface area contributed by atoms with E-state index in [-0.39, 0.29) is 23.2 Å². The zero-order valence-electron chi connectivity index (χ0n) is 13.2. The normalized spacial score (nSPS) is 18.6. The van der Waals surface area contributed by atoms with Gasteiger partial charge in [0.1, 0.15) is 5.69 Å². The van der Waals surface area contributed by atoms with E-state index in [1.807, 2.05) is 0 Å². The summed E-state index contributed by atoms with van der Waals surface area (Å²) in [6.45, 7) is 2.80. The fourth-order valence-electron chi connectivity index (χ4n) is 2.91. The van der Waals surface area contributed by atoms with Crippen LogP contribution in [0.1, 0.15) is 23.8 Å². The van der Waals surface area contributed by atoms with Gasteiger partial charge in [0, 0.05) is 31.3 Å². The maximum Gasteiger partial charge on any atom is 0.294 e. The average Bonchev–Trinajstić information content (AvgIpc) is 3.24. The van der Waals surface area contributed by atoms with Gasteiger partial charge in [0.15, 0.2) is 5.69 Å².